The van der Waals surface area contributed by atoms with Crippen LogP contribution < -0.4 is 15.4 Å². The first-order valence-electron chi connectivity index (χ1n) is 6.34. The maximum Gasteiger partial charge on any atom is 0.262 e. The molecular formula is C14H18N2O3S. The van der Waals surface area contributed by atoms with Crippen molar-refractivity contribution in [2.45, 2.75) is 25.5 Å². The van der Waals surface area contributed by atoms with Crippen molar-refractivity contribution in [3.05, 3.63) is 18.2 Å². The van der Waals surface area contributed by atoms with E-state index in [1.807, 2.05) is 0 Å². The van der Waals surface area contributed by atoms with Gasteiger partial charge in [0.05, 0.1) is 11.4 Å². The Morgan fingerprint density at radius 2 is 2.20 bits per heavy atom. The molecule has 0 spiro atoms. The number of amides is 2. The first kappa shape index (κ1) is 14.7. The van der Waals surface area contributed by atoms with E-state index in [2.05, 4.69) is 31.4 Å². The molecule has 0 atom stereocenters. The fourth-order valence-corrected chi connectivity index (χ4v) is 2.28. The highest BCUT2D eigenvalue weighted by Gasteiger charge is 2.17. The van der Waals surface area contributed by atoms with Gasteiger partial charge in [0.15, 0.2) is 6.61 Å². The highest BCUT2D eigenvalue weighted by molar-refractivity contribution is 8.01. The Balaban J connectivity index is 1.98. The van der Waals surface area contributed by atoms with Crippen LogP contribution in [0.4, 0.5) is 11.4 Å². The zero-order valence-corrected chi connectivity index (χ0v) is 12.6. The van der Waals surface area contributed by atoms with E-state index in [1.54, 1.807) is 30.0 Å². The summed E-state index contributed by atoms with van der Waals surface area (Å²) < 4.78 is 5.31. The Labute approximate surface area is 122 Å². The molecular weight excluding hydrogens is 276 g/mol. The summed E-state index contributed by atoms with van der Waals surface area (Å²) in [5.74, 6) is 0.757. The van der Waals surface area contributed by atoms with Gasteiger partial charge < -0.3 is 15.4 Å². The molecule has 0 aliphatic carbocycles. The lowest BCUT2D eigenvalue weighted by Gasteiger charge is -2.19. The van der Waals surface area contributed by atoms with E-state index in [-0.39, 0.29) is 23.2 Å². The standard InChI is InChI=1S/C14H18N2O3S/c1-14(2,3)20-8-13(18)15-9-4-5-11-10(6-9)16-12(17)7-19-11/h4-6H,7-8H2,1-3H3,(H,15,18)(H,16,17). The Kier molecular flexibility index (Phi) is 4.23. The largest absolute Gasteiger partial charge is 0.482 e. The van der Waals surface area contributed by atoms with Crippen LogP contribution in [0.1, 0.15) is 20.8 Å². The van der Waals surface area contributed by atoms with Crippen molar-refractivity contribution in [2.75, 3.05) is 23.0 Å². The maximum absolute atomic E-state index is 11.8. The van der Waals surface area contributed by atoms with Crippen molar-refractivity contribution in [3.8, 4) is 5.75 Å². The van der Waals surface area contributed by atoms with E-state index >= 15 is 0 Å². The highest BCUT2D eigenvalue weighted by atomic mass is 32.2. The van der Waals surface area contributed by atoms with Gasteiger partial charge in [-0.25, -0.2) is 0 Å². The molecule has 2 amide bonds. The van der Waals surface area contributed by atoms with Gasteiger partial charge >= 0.3 is 0 Å². The van der Waals surface area contributed by atoms with Crippen LogP contribution >= 0.6 is 11.8 Å². The van der Waals surface area contributed by atoms with E-state index in [9.17, 15) is 9.59 Å². The van der Waals surface area contributed by atoms with Crippen LogP contribution in [-0.4, -0.2) is 28.9 Å². The van der Waals surface area contributed by atoms with Crippen molar-refractivity contribution >= 4 is 35.0 Å². The van der Waals surface area contributed by atoms with Gasteiger partial charge in [0.2, 0.25) is 5.91 Å². The van der Waals surface area contributed by atoms with Crippen molar-refractivity contribution in [1.82, 2.24) is 0 Å². The minimum absolute atomic E-state index is 0.0287. The van der Waals surface area contributed by atoms with E-state index in [0.717, 1.165) is 0 Å². The highest BCUT2D eigenvalue weighted by Crippen LogP contribution is 2.30. The molecule has 6 heteroatoms. The molecule has 0 aromatic heterocycles. The van der Waals surface area contributed by atoms with Crippen molar-refractivity contribution in [2.24, 2.45) is 0 Å². The number of nitrogens with one attached hydrogen (secondary N) is 2. The Morgan fingerprint density at radius 3 is 2.90 bits per heavy atom. The van der Waals surface area contributed by atoms with Gasteiger partial charge in [0.1, 0.15) is 5.75 Å². The maximum atomic E-state index is 11.8. The molecule has 0 saturated carbocycles. The molecule has 20 heavy (non-hydrogen) atoms. The molecule has 2 N–H and O–H groups in total. The number of hydrogen-bond acceptors (Lipinski definition) is 4. The summed E-state index contributed by atoms with van der Waals surface area (Å²) in [4.78, 5) is 23.1. The van der Waals surface area contributed by atoms with E-state index < -0.39 is 0 Å². The molecule has 1 aliphatic heterocycles. The van der Waals surface area contributed by atoms with Gasteiger partial charge in [0, 0.05) is 10.4 Å². The molecule has 0 fully saturated rings. The third-order valence-electron chi connectivity index (χ3n) is 2.53. The zero-order chi connectivity index (χ0) is 14.8. The number of fused-ring (bicyclic) bond motifs is 1. The molecule has 0 radical (unpaired) electrons. The fourth-order valence-electron chi connectivity index (χ4n) is 1.64. The molecule has 5 nitrogen and oxygen atoms in total. The van der Waals surface area contributed by atoms with Crippen LogP contribution in [-0.2, 0) is 9.59 Å². The van der Waals surface area contributed by atoms with Gasteiger partial charge in [-0.05, 0) is 18.2 Å². The molecule has 1 heterocycles. The summed E-state index contributed by atoms with van der Waals surface area (Å²) in [6, 6.07) is 5.20. The minimum Gasteiger partial charge on any atom is -0.482 e. The van der Waals surface area contributed by atoms with E-state index in [0.29, 0.717) is 22.9 Å². The minimum atomic E-state index is -0.190. The van der Waals surface area contributed by atoms with Crippen LogP contribution in [0.15, 0.2) is 18.2 Å². The van der Waals surface area contributed by atoms with Gasteiger partial charge in [-0.2, -0.15) is 0 Å². The summed E-state index contributed by atoms with van der Waals surface area (Å²) in [6.45, 7) is 6.23. The number of ether oxygens (including phenoxy) is 1. The predicted molar refractivity (Wildman–Crippen MR) is 81.4 cm³/mol. The summed E-state index contributed by atoms with van der Waals surface area (Å²) in [5.41, 5.74) is 1.23. The van der Waals surface area contributed by atoms with Crippen molar-refractivity contribution in [1.29, 1.82) is 0 Å². The molecule has 0 bridgehead atoms. The van der Waals surface area contributed by atoms with Crippen LogP contribution in [0.2, 0.25) is 0 Å². The Hall–Kier alpha value is -1.69. The number of carbonyl (C=O) groups is 2. The second-order valence-corrected chi connectivity index (χ2v) is 7.30. The van der Waals surface area contributed by atoms with E-state index in [4.69, 9.17) is 4.74 Å². The Bertz CT molecular complexity index is 538. The Morgan fingerprint density at radius 1 is 1.45 bits per heavy atom. The van der Waals surface area contributed by atoms with Gasteiger partial charge in [-0.1, -0.05) is 20.8 Å². The summed E-state index contributed by atoms with van der Waals surface area (Å²) >= 11 is 1.58. The third kappa shape index (κ3) is 4.16. The second kappa shape index (κ2) is 5.75. The van der Waals surface area contributed by atoms with Crippen molar-refractivity contribution < 1.29 is 14.3 Å². The summed E-state index contributed by atoms with van der Waals surface area (Å²) in [5, 5.41) is 5.52. The van der Waals surface area contributed by atoms with Crippen LogP contribution in [0, 0.1) is 0 Å². The molecule has 1 aromatic rings. The fraction of sp³-hybridized carbons (Fsp3) is 0.429. The number of rotatable bonds is 3. The van der Waals surface area contributed by atoms with Crippen molar-refractivity contribution in [3.63, 3.8) is 0 Å². The molecule has 108 valence electrons. The lowest BCUT2D eigenvalue weighted by Crippen LogP contribution is -2.25. The predicted octanol–water partition coefficient (Wildman–Crippen LogP) is 2.49. The average molecular weight is 294 g/mol. The first-order valence-corrected chi connectivity index (χ1v) is 7.32. The topological polar surface area (TPSA) is 67.4 Å². The van der Waals surface area contributed by atoms with Crippen LogP contribution in [0.25, 0.3) is 0 Å². The number of hydrogen-bond donors (Lipinski definition) is 2. The molecule has 1 aliphatic rings. The van der Waals surface area contributed by atoms with E-state index in [1.165, 1.54) is 0 Å². The number of thioether (sulfide) groups is 1. The zero-order valence-electron chi connectivity index (χ0n) is 11.8. The molecule has 0 unspecified atom stereocenters. The molecule has 2 rings (SSSR count). The van der Waals surface area contributed by atoms with Gasteiger partial charge in [-0.3, -0.25) is 9.59 Å². The number of carbonyl (C=O) groups excluding carboxylic acids is 2. The molecule has 1 aromatic carbocycles. The average Bonchev–Trinajstić information content (AvgIpc) is 2.35. The smallest absolute Gasteiger partial charge is 0.262 e. The quantitative estimate of drug-likeness (QED) is 0.898. The number of benzene rings is 1. The lowest BCUT2D eigenvalue weighted by atomic mass is 10.2. The van der Waals surface area contributed by atoms with Gasteiger partial charge in [-0.15, -0.1) is 11.8 Å². The third-order valence-corrected chi connectivity index (χ3v) is 3.81. The summed E-state index contributed by atoms with van der Waals surface area (Å²) in [6.07, 6.45) is 0. The lowest BCUT2D eigenvalue weighted by molar-refractivity contribution is -0.118. The van der Waals surface area contributed by atoms with Crippen LogP contribution in [0.5, 0.6) is 5.75 Å². The monoisotopic (exact) mass is 294 g/mol. The normalized spacial score (nSPS) is 14.1. The van der Waals surface area contributed by atoms with Crippen LogP contribution in [0.3, 0.4) is 0 Å². The second-order valence-electron chi connectivity index (χ2n) is 5.50. The number of anilines is 2. The SMILES string of the molecule is CC(C)(C)SCC(=O)Nc1ccc2c(c1)NC(=O)CO2. The first-order chi connectivity index (χ1) is 9.33. The molecule has 0 saturated heterocycles. The van der Waals surface area contributed by atoms with Gasteiger partial charge in [0.25, 0.3) is 5.91 Å². The summed E-state index contributed by atoms with van der Waals surface area (Å²) in [7, 11) is 0.